The predicted octanol–water partition coefficient (Wildman–Crippen LogP) is 2.05. The van der Waals surface area contributed by atoms with Crippen molar-refractivity contribution in [3.8, 4) is 0 Å². The number of hydrogen-bond donors (Lipinski definition) is 1. The SMILES string of the molecule is CNC1CCC(C(C)C)CC1OC. The Kier molecular flexibility index (Phi) is 4.20. The molecule has 1 aliphatic rings. The van der Waals surface area contributed by atoms with Gasteiger partial charge in [0.25, 0.3) is 0 Å². The molecule has 3 unspecified atom stereocenters. The van der Waals surface area contributed by atoms with Gasteiger partial charge in [0.15, 0.2) is 0 Å². The lowest BCUT2D eigenvalue weighted by Crippen LogP contribution is -2.44. The average molecular weight is 185 g/mol. The summed E-state index contributed by atoms with van der Waals surface area (Å²) in [5, 5.41) is 3.34. The molecule has 0 radical (unpaired) electrons. The smallest absolute Gasteiger partial charge is 0.0726 e. The van der Waals surface area contributed by atoms with E-state index in [2.05, 4.69) is 19.2 Å². The van der Waals surface area contributed by atoms with E-state index >= 15 is 0 Å². The zero-order valence-corrected chi connectivity index (χ0v) is 9.34. The van der Waals surface area contributed by atoms with Gasteiger partial charge in [-0.25, -0.2) is 0 Å². The molecule has 0 bridgehead atoms. The minimum atomic E-state index is 0.422. The Morgan fingerprint density at radius 2 is 2.00 bits per heavy atom. The number of likely N-dealkylation sites (N-methyl/N-ethyl adjacent to an activating group) is 1. The van der Waals surface area contributed by atoms with Gasteiger partial charge in [-0.1, -0.05) is 13.8 Å². The fraction of sp³-hybridized carbons (Fsp3) is 1.00. The summed E-state index contributed by atoms with van der Waals surface area (Å²) in [5.41, 5.74) is 0. The van der Waals surface area contributed by atoms with Gasteiger partial charge in [-0.05, 0) is 38.1 Å². The Labute approximate surface area is 82.0 Å². The van der Waals surface area contributed by atoms with Gasteiger partial charge in [-0.2, -0.15) is 0 Å². The molecule has 78 valence electrons. The lowest BCUT2D eigenvalue weighted by Gasteiger charge is -2.36. The van der Waals surface area contributed by atoms with Crippen LogP contribution in [0.1, 0.15) is 33.1 Å². The van der Waals surface area contributed by atoms with Gasteiger partial charge in [0.05, 0.1) is 6.10 Å². The largest absolute Gasteiger partial charge is 0.380 e. The molecule has 0 heterocycles. The first-order chi connectivity index (χ1) is 6.19. The van der Waals surface area contributed by atoms with E-state index in [4.69, 9.17) is 4.74 Å². The molecule has 1 rings (SSSR count). The van der Waals surface area contributed by atoms with Gasteiger partial charge in [-0.15, -0.1) is 0 Å². The van der Waals surface area contributed by atoms with Crippen molar-refractivity contribution in [2.45, 2.75) is 45.3 Å². The quantitative estimate of drug-likeness (QED) is 0.726. The lowest BCUT2D eigenvalue weighted by molar-refractivity contribution is 0.0163. The summed E-state index contributed by atoms with van der Waals surface area (Å²) in [6.07, 6.45) is 4.26. The van der Waals surface area contributed by atoms with Crippen molar-refractivity contribution in [3.05, 3.63) is 0 Å². The molecule has 0 aromatic rings. The first-order valence-electron chi connectivity index (χ1n) is 5.39. The Morgan fingerprint density at radius 3 is 2.46 bits per heavy atom. The van der Waals surface area contributed by atoms with E-state index in [1.54, 1.807) is 0 Å². The fourth-order valence-corrected chi connectivity index (χ4v) is 2.36. The second-order valence-electron chi connectivity index (χ2n) is 4.49. The second-order valence-corrected chi connectivity index (χ2v) is 4.49. The fourth-order valence-electron chi connectivity index (χ4n) is 2.36. The van der Waals surface area contributed by atoms with Crippen molar-refractivity contribution < 1.29 is 4.74 Å². The molecule has 0 aromatic carbocycles. The van der Waals surface area contributed by atoms with Crippen LogP contribution in [0.25, 0.3) is 0 Å². The highest BCUT2D eigenvalue weighted by atomic mass is 16.5. The minimum Gasteiger partial charge on any atom is -0.380 e. The molecule has 0 aromatic heterocycles. The van der Waals surface area contributed by atoms with Crippen molar-refractivity contribution in [2.75, 3.05) is 14.2 Å². The van der Waals surface area contributed by atoms with Crippen molar-refractivity contribution in [1.82, 2.24) is 5.32 Å². The summed E-state index contributed by atoms with van der Waals surface area (Å²) in [5.74, 6) is 1.66. The molecule has 1 N–H and O–H groups in total. The Hall–Kier alpha value is -0.0800. The predicted molar refractivity (Wildman–Crippen MR) is 55.8 cm³/mol. The van der Waals surface area contributed by atoms with E-state index in [1.807, 2.05) is 14.2 Å². The van der Waals surface area contributed by atoms with Gasteiger partial charge >= 0.3 is 0 Å². The third kappa shape index (κ3) is 2.68. The molecule has 2 heteroatoms. The number of methoxy groups -OCH3 is 1. The summed E-state index contributed by atoms with van der Waals surface area (Å²) >= 11 is 0. The molecular formula is C11H23NO. The Bertz CT molecular complexity index is 147. The van der Waals surface area contributed by atoms with E-state index < -0.39 is 0 Å². The maximum atomic E-state index is 5.51. The first kappa shape index (κ1) is 11.0. The minimum absolute atomic E-state index is 0.422. The highest BCUT2D eigenvalue weighted by Gasteiger charge is 2.30. The van der Waals surface area contributed by atoms with Crippen molar-refractivity contribution in [2.24, 2.45) is 11.8 Å². The van der Waals surface area contributed by atoms with Gasteiger partial charge in [0.1, 0.15) is 0 Å². The second kappa shape index (κ2) is 4.97. The molecule has 3 atom stereocenters. The first-order valence-corrected chi connectivity index (χ1v) is 5.39. The number of nitrogens with one attached hydrogen (secondary N) is 1. The van der Waals surface area contributed by atoms with Crippen LogP contribution >= 0.6 is 0 Å². The Balaban J connectivity index is 2.47. The van der Waals surface area contributed by atoms with Crippen LogP contribution in [0.15, 0.2) is 0 Å². The molecule has 13 heavy (non-hydrogen) atoms. The summed E-state index contributed by atoms with van der Waals surface area (Å²) in [7, 11) is 3.87. The van der Waals surface area contributed by atoms with Gasteiger partial charge in [0, 0.05) is 13.2 Å². The highest BCUT2D eigenvalue weighted by molar-refractivity contribution is 4.85. The number of ether oxygens (including phenoxy) is 1. The summed E-state index contributed by atoms with van der Waals surface area (Å²) in [6, 6.07) is 0.569. The normalized spacial score (nSPS) is 35.3. The molecule has 2 nitrogen and oxygen atoms in total. The average Bonchev–Trinajstić information content (AvgIpc) is 2.16. The van der Waals surface area contributed by atoms with Crippen LogP contribution < -0.4 is 5.32 Å². The number of hydrogen-bond acceptors (Lipinski definition) is 2. The Morgan fingerprint density at radius 1 is 1.31 bits per heavy atom. The maximum absolute atomic E-state index is 5.51. The molecule has 1 saturated carbocycles. The van der Waals surface area contributed by atoms with Crippen molar-refractivity contribution in [1.29, 1.82) is 0 Å². The van der Waals surface area contributed by atoms with Crippen LogP contribution in [0.5, 0.6) is 0 Å². The third-order valence-corrected chi connectivity index (χ3v) is 3.45. The summed E-state index contributed by atoms with van der Waals surface area (Å²) in [6.45, 7) is 4.63. The van der Waals surface area contributed by atoms with E-state index in [-0.39, 0.29) is 0 Å². The van der Waals surface area contributed by atoms with Gasteiger partial charge in [0.2, 0.25) is 0 Å². The third-order valence-electron chi connectivity index (χ3n) is 3.45. The standard InChI is InChI=1S/C11H23NO/c1-8(2)9-5-6-10(12-3)11(7-9)13-4/h8-12H,5-7H2,1-4H3. The van der Waals surface area contributed by atoms with Crippen LogP contribution in [0, 0.1) is 11.8 Å². The van der Waals surface area contributed by atoms with Crippen LogP contribution in [-0.2, 0) is 4.74 Å². The molecule has 0 amide bonds. The maximum Gasteiger partial charge on any atom is 0.0726 e. The van der Waals surface area contributed by atoms with E-state index in [9.17, 15) is 0 Å². The van der Waals surface area contributed by atoms with E-state index in [0.717, 1.165) is 11.8 Å². The van der Waals surface area contributed by atoms with E-state index in [0.29, 0.717) is 12.1 Å². The molecular weight excluding hydrogens is 162 g/mol. The summed E-state index contributed by atoms with van der Waals surface area (Å²) in [4.78, 5) is 0. The summed E-state index contributed by atoms with van der Waals surface area (Å²) < 4.78 is 5.51. The van der Waals surface area contributed by atoms with Gasteiger partial charge in [-0.3, -0.25) is 0 Å². The highest BCUT2D eigenvalue weighted by Crippen LogP contribution is 2.31. The zero-order valence-electron chi connectivity index (χ0n) is 9.34. The van der Waals surface area contributed by atoms with Crippen LogP contribution in [0.4, 0.5) is 0 Å². The van der Waals surface area contributed by atoms with Crippen LogP contribution in [0.3, 0.4) is 0 Å². The lowest BCUT2D eigenvalue weighted by atomic mass is 9.78. The molecule has 0 aliphatic heterocycles. The monoisotopic (exact) mass is 185 g/mol. The molecule has 1 aliphatic carbocycles. The van der Waals surface area contributed by atoms with Crippen molar-refractivity contribution in [3.63, 3.8) is 0 Å². The molecule has 0 saturated heterocycles. The molecule has 0 spiro atoms. The topological polar surface area (TPSA) is 21.3 Å². The molecule has 1 fully saturated rings. The van der Waals surface area contributed by atoms with Crippen LogP contribution in [0.2, 0.25) is 0 Å². The van der Waals surface area contributed by atoms with Gasteiger partial charge < -0.3 is 10.1 Å². The van der Waals surface area contributed by atoms with Crippen LogP contribution in [-0.4, -0.2) is 26.3 Å². The zero-order chi connectivity index (χ0) is 9.84. The van der Waals surface area contributed by atoms with Crippen molar-refractivity contribution >= 4 is 0 Å². The van der Waals surface area contributed by atoms with E-state index in [1.165, 1.54) is 19.3 Å². The number of rotatable bonds is 3.